The summed E-state index contributed by atoms with van der Waals surface area (Å²) in [7, 11) is 1.89. The van der Waals surface area contributed by atoms with Crippen LogP contribution in [-0.4, -0.2) is 7.05 Å². The molecule has 1 N–H and O–H groups in total. The Hall–Kier alpha value is -0.600. The molecular formula is C10H13ClFN. The zero-order chi connectivity index (χ0) is 8.60. The summed E-state index contributed by atoms with van der Waals surface area (Å²) in [6.07, 6.45) is 2.09. The standard InChI is InChI=1S/C10H12FN.ClH/c1-12-10(6-7-10)8-4-2-3-5-9(8)11;/h2-5,12H,6-7H2,1H3;1H. The Morgan fingerprint density at radius 3 is 2.38 bits per heavy atom. The molecule has 0 radical (unpaired) electrons. The highest BCUT2D eigenvalue weighted by Crippen LogP contribution is 2.45. The van der Waals surface area contributed by atoms with E-state index in [-0.39, 0.29) is 23.8 Å². The molecule has 1 aliphatic rings. The molecule has 0 bridgehead atoms. The van der Waals surface area contributed by atoms with E-state index in [1.54, 1.807) is 6.07 Å². The van der Waals surface area contributed by atoms with E-state index < -0.39 is 0 Å². The molecule has 0 aliphatic heterocycles. The topological polar surface area (TPSA) is 12.0 Å². The highest BCUT2D eigenvalue weighted by Gasteiger charge is 2.44. The summed E-state index contributed by atoms with van der Waals surface area (Å²) in [4.78, 5) is 0. The number of benzene rings is 1. The van der Waals surface area contributed by atoms with Crippen molar-refractivity contribution in [3.05, 3.63) is 35.6 Å². The van der Waals surface area contributed by atoms with E-state index in [0.717, 1.165) is 18.4 Å². The number of hydrogen-bond acceptors (Lipinski definition) is 1. The Morgan fingerprint density at radius 2 is 1.92 bits per heavy atom. The van der Waals surface area contributed by atoms with E-state index in [1.165, 1.54) is 6.07 Å². The van der Waals surface area contributed by atoms with E-state index >= 15 is 0 Å². The van der Waals surface area contributed by atoms with Crippen molar-refractivity contribution in [3.63, 3.8) is 0 Å². The molecule has 0 aromatic heterocycles. The summed E-state index contributed by atoms with van der Waals surface area (Å²) in [5.74, 6) is -0.0932. The minimum absolute atomic E-state index is 0. The minimum atomic E-state index is -0.0932. The highest BCUT2D eigenvalue weighted by molar-refractivity contribution is 5.85. The smallest absolute Gasteiger partial charge is 0.128 e. The number of hydrogen-bond donors (Lipinski definition) is 1. The van der Waals surface area contributed by atoms with Crippen LogP contribution >= 0.6 is 12.4 Å². The summed E-state index contributed by atoms with van der Waals surface area (Å²) in [6, 6.07) is 6.99. The van der Waals surface area contributed by atoms with Crippen LogP contribution in [0.5, 0.6) is 0 Å². The maximum Gasteiger partial charge on any atom is 0.128 e. The lowest BCUT2D eigenvalue weighted by Gasteiger charge is -2.14. The van der Waals surface area contributed by atoms with Gasteiger partial charge in [-0.05, 0) is 26.0 Å². The zero-order valence-corrected chi connectivity index (χ0v) is 8.33. The fourth-order valence-corrected chi connectivity index (χ4v) is 1.63. The molecule has 1 saturated carbocycles. The fraction of sp³-hybridized carbons (Fsp3) is 0.400. The molecule has 0 heterocycles. The molecule has 1 nitrogen and oxygen atoms in total. The van der Waals surface area contributed by atoms with Crippen LogP contribution in [0.15, 0.2) is 24.3 Å². The van der Waals surface area contributed by atoms with E-state index in [9.17, 15) is 4.39 Å². The van der Waals surface area contributed by atoms with Crippen LogP contribution in [0.4, 0.5) is 4.39 Å². The largest absolute Gasteiger partial charge is 0.310 e. The van der Waals surface area contributed by atoms with Crippen molar-refractivity contribution in [1.82, 2.24) is 5.32 Å². The normalized spacial score (nSPS) is 17.7. The van der Waals surface area contributed by atoms with Gasteiger partial charge >= 0.3 is 0 Å². The molecule has 13 heavy (non-hydrogen) atoms. The predicted octanol–water partition coefficient (Wildman–Crippen LogP) is 2.46. The van der Waals surface area contributed by atoms with Crippen LogP contribution in [-0.2, 0) is 5.54 Å². The first-order valence-corrected chi connectivity index (χ1v) is 4.22. The van der Waals surface area contributed by atoms with Crippen molar-refractivity contribution in [3.8, 4) is 0 Å². The molecule has 1 aromatic carbocycles. The first-order chi connectivity index (χ1) is 5.78. The number of nitrogens with one attached hydrogen (secondary N) is 1. The second-order valence-electron chi connectivity index (χ2n) is 3.31. The van der Waals surface area contributed by atoms with E-state index in [4.69, 9.17) is 0 Å². The van der Waals surface area contributed by atoms with Crippen molar-refractivity contribution in [2.45, 2.75) is 18.4 Å². The van der Waals surface area contributed by atoms with Crippen LogP contribution in [0.2, 0.25) is 0 Å². The average Bonchev–Trinajstić information content (AvgIpc) is 2.86. The Bertz CT molecular complexity index is 297. The third-order valence-corrected chi connectivity index (χ3v) is 2.62. The molecule has 0 saturated heterocycles. The molecule has 0 spiro atoms. The van der Waals surface area contributed by atoms with Gasteiger partial charge in [-0.1, -0.05) is 18.2 Å². The van der Waals surface area contributed by atoms with Gasteiger partial charge in [0.25, 0.3) is 0 Å². The van der Waals surface area contributed by atoms with Gasteiger partial charge in [-0.25, -0.2) is 4.39 Å². The lowest BCUT2D eigenvalue weighted by molar-refractivity contribution is 0.526. The van der Waals surface area contributed by atoms with Crippen LogP contribution < -0.4 is 5.32 Å². The zero-order valence-electron chi connectivity index (χ0n) is 7.51. The second kappa shape index (κ2) is 3.64. The monoisotopic (exact) mass is 201 g/mol. The minimum Gasteiger partial charge on any atom is -0.310 e. The van der Waals surface area contributed by atoms with Gasteiger partial charge in [0.15, 0.2) is 0 Å². The second-order valence-corrected chi connectivity index (χ2v) is 3.31. The average molecular weight is 202 g/mol. The summed E-state index contributed by atoms with van der Waals surface area (Å²) in [5, 5.41) is 3.17. The van der Waals surface area contributed by atoms with E-state index in [1.807, 2.05) is 19.2 Å². The fourth-order valence-electron chi connectivity index (χ4n) is 1.63. The molecule has 0 amide bonds. The van der Waals surface area contributed by atoms with Crippen LogP contribution in [0.3, 0.4) is 0 Å². The molecule has 1 aliphatic carbocycles. The van der Waals surface area contributed by atoms with Gasteiger partial charge in [0.05, 0.1) is 0 Å². The highest BCUT2D eigenvalue weighted by atomic mass is 35.5. The first-order valence-electron chi connectivity index (χ1n) is 4.22. The molecule has 2 rings (SSSR count). The van der Waals surface area contributed by atoms with E-state index in [2.05, 4.69) is 5.32 Å². The molecule has 0 unspecified atom stereocenters. The molecular weight excluding hydrogens is 189 g/mol. The summed E-state index contributed by atoms with van der Waals surface area (Å²) < 4.78 is 13.3. The van der Waals surface area contributed by atoms with Crippen LogP contribution in [0, 0.1) is 5.82 Å². The lowest BCUT2D eigenvalue weighted by atomic mass is 10.0. The van der Waals surface area contributed by atoms with Crippen molar-refractivity contribution in [2.75, 3.05) is 7.05 Å². The van der Waals surface area contributed by atoms with Crippen LogP contribution in [0.25, 0.3) is 0 Å². The van der Waals surface area contributed by atoms with Crippen molar-refractivity contribution >= 4 is 12.4 Å². The number of halogens is 2. The van der Waals surface area contributed by atoms with Gasteiger partial charge in [-0.3, -0.25) is 0 Å². The molecule has 0 atom stereocenters. The van der Waals surface area contributed by atoms with Gasteiger partial charge in [-0.15, -0.1) is 12.4 Å². The Labute approximate surface area is 83.8 Å². The van der Waals surface area contributed by atoms with Gasteiger partial charge in [-0.2, -0.15) is 0 Å². The van der Waals surface area contributed by atoms with E-state index in [0.29, 0.717) is 0 Å². The Kier molecular flexibility index (Phi) is 2.94. The van der Waals surface area contributed by atoms with Crippen molar-refractivity contribution in [2.24, 2.45) is 0 Å². The summed E-state index contributed by atoms with van der Waals surface area (Å²) in [5.41, 5.74) is 0.762. The Morgan fingerprint density at radius 1 is 1.31 bits per heavy atom. The SMILES string of the molecule is CNC1(c2ccccc2F)CC1.Cl. The van der Waals surface area contributed by atoms with Gasteiger partial charge in [0, 0.05) is 11.1 Å². The maximum absolute atomic E-state index is 13.3. The van der Waals surface area contributed by atoms with Gasteiger partial charge in [0.1, 0.15) is 5.82 Å². The van der Waals surface area contributed by atoms with Crippen molar-refractivity contribution in [1.29, 1.82) is 0 Å². The number of rotatable bonds is 2. The quantitative estimate of drug-likeness (QED) is 0.775. The van der Waals surface area contributed by atoms with Crippen LogP contribution in [0.1, 0.15) is 18.4 Å². The lowest BCUT2D eigenvalue weighted by Crippen LogP contribution is -2.25. The molecule has 1 fully saturated rings. The molecule has 72 valence electrons. The summed E-state index contributed by atoms with van der Waals surface area (Å²) in [6.45, 7) is 0. The Balaban J connectivity index is 0.000000845. The predicted molar refractivity (Wildman–Crippen MR) is 53.6 cm³/mol. The van der Waals surface area contributed by atoms with Gasteiger partial charge < -0.3 is 5.32 Å². The third-order valence-electron chi connectivity index (χ3n) is 2.62. The molecule has 1 aromatic rings. The first kappa shape index (κ1) is 10.5. The van der Waals surface area contributed by atoms with Crippen molar-refractivity contribution < 1.29 is 4.39 Å². The maximum atomic E-state index is 13.3. The summed E-state index contributed by atoms with van der Waals surface area (Å²) >= 11 is 0. The molecule has 3 heteroatoms. The third kappa shape index (κ3) is 1.69. The van der Waals surface area contributed by atoms with Gasteiger partial charge in [0.2, 0.25) is 0 Å².